The fraction of sp³-hybridized carbons (Fsp3) is 0.269. The molecule has 4 rings (SSSR count). The molecule has 2 amide bonds. The molecule has 0 saturated heterocycles. The molecule has 0 fully saturated rings. The highest BCUT2D eigenvalue weighted by Crippen LogP contribution is 2.19. The molecule has 1 aliphatic rings. The summed E-state index contributed by atoms with van der Waals surface area (Å²) in [5.74, 6) is 0.595. The summed E-state index contributed by atoms with van der Waals surface area (Å²) in [5, 5.41) is 2.90. The first-order valence-electron chi connectivity index (χ1n) is 10.9. The van der Waals surface area contributed by atoms with Gasteiger partial charge in [0.15, 0.2) is 0 Å². The number of benzene rings is 2. The number of fused-ring (bicyclic) bond motifs is 1. The molecule has 6 nitrogen and oxygen atoms in total. The lowest BCUT2D eigenvalue weighted by atomic mass is 9.99. The predicted octanol–water partition coefficient (Wildman–Crippen LogP) is 3.76. The molecule has 6 heteroatoms. The lowest BCUT2D eigenvalue weighted by molar-refractivity contribution is -0.132. The standard InChI is InChI=1S/C26H27N3O3/c30-25(29-15-12-21-7-1-2-8-23(21)18-29)11-5-14-28-26(31)22-9-3-10-24(16-22)32-19-20-6-4-13-27-17-20/h1-4,6-10,13,16-17H,5,11-12,14-15,18-19H2,(H,28,31). The lowest BCUT2D eigenvalue weighted by Crippen LogP contribution is -2.36. The van der Waals surface area contributed by atoms with Crippen molar-refractivity contribution in [2.45, 2.75) is 32.4 Å². The van der Waals surface area contributed by atoms with Crippen molar-refractivity contribution < 1.29 is 14.3 Å². The van der Waals surface area contributed by atoms with Crippen LogP contribution in [0.25, 0.3) is 0 Å². The van der Waals surface area contributed by atoms with Gasteiger partial charge in [0.2, 0.25) is 5.91 Å². The molecule has 3 aromatic rings. The Hall–Kier alpha value is -3.67. The van der Waals surface area contributed by atoms with E-state index < -0.39 is 0 Å². The number of nitrogens with one attached hydrogen (secondary N) is 1. The van der Waals surface area contributed by atoms with Crippen LogP contribution in [0.5, 0.6) is 5.75 Å². The van der Waals surface area contributed by atoms with E-state index >= 15 is 0 Å². The van der Waals surface area contributed by atoms with Gasteiger partial charge in [0.05, 0.1) is 0 Å². The number of carbonyl (C=O) groups excluding carboxylic acids is 2. The summed E-state index contributed by atoms with van der Waals surface area (Å²) in [4.78, 5) is 31.0. The second-order valence-electron chi connectivity index (χ2n) is 7.87. The van der Waals surface area contributed by atoms with Crippen LogP contribution in [0.3, 0.4) is 0 Å². The summed E-state index contributed by atoms with van der Waals surface area (Å²) in [7, 11) is 0. The van der Waals surface area contributed by atoms with Crippen LogP contribution < -0.4 is 10.1 Å². The number of hydrogen-bond donors (Lipinski definition) is 1. The first kappa shape index (κ1) is 21.6. The summed E-state index contributed by atoms with van der Waals surface area (Å²) in [6.07, 6.45) is 5.41. The molecule has 164 valence electrons. The first-order valence-corrected chi connectivity index (χ1v) is 10.9. The van der Waals surface area contributed by atoms with Gasteiger partial charge < -0.3 is 15.0 Å². The van der Waals surface area contributed by atoms with Crippen molar-refractivity contribution in [1.29, 1.82) is 0 Å². The molecule has 0 saturated carbocycles. The molecule has 1 N–H and O–H groups in total. The van der Waals surface area contributed by atoms with Crippen molar-refractivity contribution in [2.75, 3.05) is 13.1 Å². The third-order valence-corrected chi connectivity index (χ3v) is 5.56. The minimum Gasteiger partial charge on any atom is -0.489 e. The van der Waals surface area contributed by atoms with Crippen molar-refractivity contribution in [1.82, 2.24) is 15.2 Å². The summed E-state index contributed by atoms with van der Waals surface area (Å²) < 4.78 is 5.76. The number of pyridine rings is 1. The predicted molar refractivity (Wildman–Crippen MR) is 122 cm³/mol. The second kappa shape index (κ2) is 10.6. The fourth-order valence-electron chi connectivity index (χ4n) is 3.79. The van der Waals surface area contributed by atoms with Crippen molar-refractivity contribution in [2.24, 2.45) is 0 Å². The zero-order chi connectivity index (χ0) is 22.2. The van der Waals surface area contributed by atoms with E-state index in [4.69, 9.17) is 4.74 Å². The third kappa shape index (κ3) is 5.72. The van der Waals surface area contributed by atoms with Gasteiger partial charge in [0.25, 0.3) is 5.91 Å². The average molecular weight is 430 g/mol. The maximum Gasteiger partial charge on any atom is 0.251 e. The molecule has 0 bridgehead atoms. The van der Waals surface area contributed by atoms with Gasteiger partial charge in [-0.3, -0.25) is 14.6 Å². The molecular formula is C26H27N3O3. The Kier molecular flexibility index (Phi) is 7.12. The SMILES string of the molecule is O=C(NCCCC(=O)N1CCc2ccccc2C1)c1cccc(OCc2cccnc2)c1. The number of aromatic nitrogens is 1. The Labute approximate surface area is 188 Å². The Morgan fingerprint density at radius 2 is 1.91 bits per heavy atom. The number of nitrogens with zero attached hydrogens (tertiary/aromatic N) is 2. The number of rotatable bonds is 8. The smallest absolute Gasteiger partial charge is 0.251 e. The highest BCUT2D eigenvalue weighted by Gasteiger charge is 2.19. The first-order chi connectivity index (χ1) is 15.7. The van der Waals surface area contributed by atoms with Crippen LogP contribution in [0.4, 0.5) is 0 Å². The van der Waals surface area contributed by atoms with Crippen molar-refractivity contribution in [3.8, 4) is 5.75 Å². The molecule has 32 heavy (non-hydrogen) atoms. The molecule has 0 aliphatic carbocycles. The van der Waals surface area contributed by atoms with E-state index in [0.29, 0.717) is 43.9 Å². The van der Waals surface area contributed by atoms with Gasteiger partial charge in [0.1, 0.15) is 12.4 Å². The van der Waals surface area contributed by atoms with Crippen LogP contribution in [-0.2, 0) is 24.4 Å². The Balaban J connectivity index is 1.20. The van der Waals surface area contributed by atoms with E-state index in [2.05, 4.69) is 22.4 Å². The lowest BCUT2D eigenvalue weighted by Gasteiger charge is -2.29. The quantitative estimate of drug-likeness (QED) is 0.554. The third-order valence-electron chi connectivity index (χ3n) is 5.56. The monoisotopic (exact) mass is 429 g/mol. The van der Waals surface area contributed by atoms with Gasteiger partial charge in [-0.15, -0.1) is 0 Å². The molecule has 0 atom stereocenters. The van der Waals surface area contributed by atoms with Crippen LogP contribution in [0.1, 0.15) is 39.9 Å². The zero-order valence-electron chi connectivity index (χ0n) is 18.0. The number of amides is 2. The molecule has 2 heterocycles. The number of carbonyl (C=O) groups is 2. The summed E-state index contributed by atoms with van der Waals surface area (Å²) in [5.41, 5.74) is 4.05. The highest BCUT2D eigenvalue weighted by atomic mass is 16.5. The Morgan fingerprint density at radius 3 is 2.75 bits per heavy atom. The molecule has 0 unspecified atom stereocenters. The highest BCUT2D eigenvalue weighted by molar-refractivity contribution is 5.94. The topological polar surface area (TPSA) is 71.5 Å². The summed E-state index contributed by atoms with van der Waals surface area (Å²) in [6.45, 7) is 2.28. The van der Waals surface area contributed by atoms with Gasteiger partial charge in [-0.2, -0.15) is 0 Å². The van der Waals surface area contributed by atoms with Crippen LogP contribution in [0.2, 0.25) is 0 Å². The van der Waals surface area contributed by atoms with E-state index in [1.807, 2.05) is 35.2 Å². The maximum atomic E-state index is 12.5. The molecular weight excluding hydrogens is 402 g/mol. The average Bonchev–Trinajstić information content (AvgIpc) is 2.85. The molecule has 2 aromatic carbocycles. The Morgan fingerprint density at radius 1 is 1.03 bits per heavy atom. The van der Waals surface area contributed by atoms with Crippen LogP contribution >= 0.6 is 0 Å². The number of ether oxygens (including phenoxy) is 1. The zero-order valence-corrected chi connectivity index (χ0v) is 18.0. The number of hydrogen-bond acceptors (Lipinski definition) is 4. The van der Waals surface area contributed by atoms with Crippen LogP contribution in [-0.4, -0.2) is 34.8 Å². The second-order valence-corrected chi connectivity index (χ2v) is 7.87. The van der Waals surface area contributed by atoms with Crippen LogP contribution in [0, 0.1) is 0 Å². The summed E-state index contributed by atoms with van der Waals surface area (Å²) in [6, 6.07) is 19.2. The van der Waals surface area contributed by atoms with Crippen molar-refractivity contribution in [3.05, 3.63) is 95.3 Å². The largest absolute Gasteiger partial charge is 0.489 e. The van der Waals surface area contributed by atoms with Crippen LogP contribution in [0.15, 0.2) is 73.1 Å². The van der Waals surface area contributed by atoms with Crippen molar-refractivity contribution in [3.63, 3.8) is 0 Å². The van der Waals surface area contributed by atoms with Gasteiger partial charge >= 0.3 is 0 Å². The van der Waals surface area contributed by atoms with Gasteiger partial charge in [-0.05, 0) is 48.2 Å². The molecule has 1 aliphatic heterocycles. The fourth-order valence-corrected chi connectivity index (χ4v) is 3.79. The van der Waals surface area contributed by atoms with Crippen molar-refractivity contribution >= 4 is 11.8 Å². The normalized spacial score (nSPS) is 12.7. The molecule has 0 radical (unpaired) electrons. The minimum absolute atomic E-state index is 0.138. The molecule has 0 spiro atoms. The minimum atomic E-state index is -0.170. The van der Waals surface area contributed by atoms with Gasteiger partial charge in [-0.1, -0.05) is 36.4 Å². The van der Waals surface area contributed by atoms with E-state index in [1.54, 1.807) is 30.6 Å². The van der Waals surface area contributed by atoms with Gasteiger partial charge in [0, 0.05) is 49.6 Å². The Bertz CT molecular complexity index is 1070. The van der Waals surface area contributed by atoms with E-state index in [0.717, 1.165) is 18.5 Å². The summed E-state index contributed by atoms with van der Waals surface area (Å²) >= 11 is 0. The molecule has 1 aromatic heterocycles. The van der Waals surface area contributed by atoms with E-state index in [1.165, 1.54) is 11.1 Å². The van der Waals surface area contributed by atoms with E-state index in [-0.39, 0.29) is 11.8 Å². The van der Waals surface area contributed by atoms with E-state index in [9.17, 15) is 9.59 Å². The maximum absolute atomic E-state index is 12.5. The van der Waals surface area contributed by atoms with Gasteiger partial charge in [-0.25, -0.2) is 0 Å².